The highest BCUT2D eigenvalue weighted by atomic mass is 35.5. The third-order valence-corrected chi connectivity index (χ3v) is 3.44. The molecule has 0 saturated heterocycles. The highest BCUT2D eigenvalue weighted by molar-refractivity contribution is 6.30. The summed E-state index contributed by atoms with van der Waals surface area (Å²) in [6.45, 7) is 4.24. The molecule has 0 aliphatic rings. The van der Waals surface area contributed by atoms with Crippen LogP contribution in [0.3, 0.4) is 0 Å². The average molecular weight is 296 g/mol. The fourth-order valence-electron chi connectivity index (χ4n) is 2.14. The van der Waals surface area contributed by atoms with Gasteiger partial charge in [-0.05, 0) is 48.9 Å². The Morgan fingerprint density at radius 3 is 2.50 bits per heavy atom. The van der Waals surface area contributed by atoms with Crippen LogP contribution in [0.1, 0.15) is 29.7 Å². The van der Waals surface area contributed by atoms with Crippen molar-refractivity contribution in [3.63, 3.8) is 0 Å². The van der Waals surface area contributed by atoms with Gasteiger partial charge in [0, 0.05) is 10.6 Å². The molecule has 0 aliphatic heterocycles. The molecule has 1 N–H and O–H groups in total. The maximum atomic E-state index is 14.0. The number of nitrogens with one attached hydrogen (secondary N) is 1. The van der Waals surface area contributed by atoms with Crippen molar-refractivity contribution < 1.29 is 8.78 Å². The molecular formula is C16H16ClF2N. The van der Waals surface area contributed by atoms with Crippen LogP contribution in [0.5, 0.6) is 0 Å². The van der Waals surface area contributed by atoms with Crippen LogP contribution < -0.4 is 5.32 Å². The maximum absolute atomic E-state index is 14.0. The highest BCUT2D eigenvalue weighted by Crippen LogP contribution is 2.28. The molecule has 1 unspecified atom stereocenters. The quantitative estimate of drug-likeness (QED) is 0.867. The molecule has 0 spiro atoms. The number of aryl methyl sites for hydroxylation is 1. The van der Waals surface area contributed by atoms with Crippen LogP contribution in [-0.2, 0) is 0 Å². The van der Waals surface area contributed by atoms with E-state index in [2.05, 4.69) is 5.32 Å². The lowest BCUT2D eigenvalue weighted by molar-refractivity contribution is 0.554. The largest absolute Gasteiger partial charge is 0.306 e. The molecule has 0 fully saturated rings. The number of benzene rings is 2. The number of rotatable bonds is 4. The Morgan fingerprint density at radius 2 is 1.85 bits per heavy atom. The van der Waals surface area contributed by atoms with E-state index >= 15 is 0 Å². The summed E-state index contributed by atoms with van der Waals surface area (Å²) >= 11 is 5.94. The highest BCUT2D eigenvalue weighted by Gasteiger charge is 2.18. The van der Waals surface area contributed by atoms with Gasteiger partial charge in [0.05, 0.1) is 6.04 Å². The minimum Gasteiger partial charge on any atom is -0.306 e. The lowest BCUT2D eigenvalue weighted by Gasteiger charge is -2.20. The van der Waals surface area contributed by atoms with Crippen LogP contribution in [0.2, 0.25) is 5.02 Å². The second kappa shape index (κ2) is 6.33. The Kier molecular flexibility index (Phi) is 4.73. The van der Waals surface area contributed by atoms with Crippen molar-refractivity contribution in [2.75, 3.05) is 6.54 Å². The molecule has 0 radical (unpaired) electrons. The zero-order chi connectivity index (χ0) is 14.7. The summed E-state index contributed by atoms with van der Waals surface area (Å²) in [5, 5.41) is 3.62. The van der Waals surface area contributed by atoms with Crippen molar-refractivity contribution in [3.8, 4) is 0 Å². The standard InChI is InChI=1S/C16H16ClF2N/c1-3-20-16(11-5-4-10(2)15(19)8-11)13-9-12(17)6-7-14(13)18/h4-9,16,20H,3H2,1-2H3. The topological polar surface area (TPSA) is 12.0 Å². The van der Waals surface area contributed by atoms with Gasteiger partial charge >= 0.3 is 0 Å². The van der Waals surface area contributed by atoms with E-state index in [1.807, 2.05) is 6.92 Å². The molecule has 2 aromatic rings. The first-order chi connectivity index (χ1) is 9.52. The minimum absolute atomic E-state index is 0.298. The van der Waals surface area contributed by atoms with E-state index in [0.717, 1.165) is 0 Å². The van der Waals surface area contributed by atoms with Gasteiger partial charge in [-0.2, -0.15) is 0 Å². The third-order valence-electron chi connectivity index (χ3n) is 3.21. The average Bonchev–Trinajstić information content (AvgIpc) is 2.42. The fraction of sp³-hybridized carbons (Fsp3) is 0.250. The van der Waals surface area contributed by atoms with Crippen molar-refractivity contribution in [2.24, 2.45) is 0 Å². The molecule has 1 nitrogen and oxygen atoms in total. The van der Waals surface area contributed by atoms with E-state index in [9.17, 15) is 8.78 Å². The predicted molar refractivity (Wildman–Crippen MR) is 78.1 cm³/mol. The van der Waals surface area contributed by atoms with Gasteiger partial charge in [0.25, 0.3) is 0 Å². The van der Waals surface area contributed by atoms with Crippen LogP contribution in [-0.4, -0.2) is 6.54 Å². The second-order valence-corrected chi connectivity index (χ2v) is 5.10. The lowest BCUT2D eigenvalue weighted by Crippen LogP contribution is -2.23. The van der Waals surface area contributed by atoms with Gasteiger partial charge in [0.15, 0.2) is 0 Å². The van der Waals surface area contributed by atoms with Gasteiger partial charge < -0.3 is 5.32 Å². The summed E-state index contributed by atoms with van der Waals surface area (Å²) in [5.41, 5.74) is 1.66. The smallest absolute Gasteiger partial charge is 0.128 e. The van der Waals surface area contributed by atoms with E-state index in [4.69, 9.17) is 11.6 Å². The van der Waals surface area contributed by atoms with E-state index in [1.165, 1.54) is 18.2 Å². The minimum atomic E-state index is -0.422. The monoisotopic (exact) mass is 295 g/mol. The summed E-state index contributed by atoms with van der Waals surface area (Å²) < 4.78 is 27.7. The lowest BCUT2D eigenvalue weighted by atomic mass is 9.97. The zero-order valence-electron chi connectivity index (χ0n) is 11.4. The van der Waals surface area contributed by atoms with Gasteiger partial charge in [-0.1, -0.05) is 30.7 Å². The molecule has 0 saturated carbocycles. The van der Waals surface area contributed by atoms with Gasteiger partial charge in [-0.15, -0.1) is 0 Å². The van der Waals surface area contributed by atoms with E-state index in [0.29, 0.717) is 28.3 Å². The van der Waals surface area contributed by atoms with E-state index < -0.39 is 6.04 Å². The van der Waals surface area contributed by atoms with Crippen LogP contribution in [0.4, 0.5) is 8.78 Å². The zero-order valence-corrected chi connectivity index (χ0v) is 12.1. The summed E-state index contributed by atoms with van der Waals surface area (Å²) in [4.78, 5) is 0. The first-order valence-electron chi connectivity index (χ1n) is 6.47. The van der Waals surface area contributed by atoms with Gasteiger partial charge in [-0.25, -0.2) is 8.78 Å². The molecular weight excluding hydrogens is 280 g/mol. The first-order valence-corrected chi connectivity index (χ1v) is 6.85. The van der Waals surface area contributed by atoms with Gasteiger partial charge in [0.1, 0.15) is 11.6 Å². The maximum Gasteiger partial charge on any atom is 0.128 e. The number of hydrogen-bond acceptors (Lipinski definition) is 1. The van der Waals surface area contributed by atoms with Crippen molar-refractivity contribution in [2.45, 2.75) is 19.9 Å². The Bertz CT molecular complexity index is 613. The van der Waals surface area contributed by atoms with Crippen LogP contribution in [0.25, 0.3) is 0 Å². The van der Waals surface area contributed by atoms with Crippen molar-refractivity contribution >= 4 is 11.6 Å². The molecule has 0 bridgehead atoms. The molecule has 20 heavy (non-hydrogen) atoms. The van der Waals surface area contributed by atoms with Gasteiger partial charge in [0.2, 0.25) is 0 Å². The summed E-state index contributed by atoms with van der Waals surface area (Å²) in [6, 6.07) is 8.90. The second-order valence-electron chi connectivity index (χ2n) is 4.67. The molecule has 106 valence electrons. The van der Waals surface area contributed by atoms with Crippen molar-refractivity contribution in [3.05, 3.63) is 69.7 Å². The molecule has 0 aliphatic carbocycles. The normalized spacial score (nSPS) is 12.4. The molecule has 0 heterocycles. The Labute approximate surface area is 122 Å². The fourth-order valence-corrected chi connectivity index (χ4v) is 2.32. The summed E-state index contributed by atoms with van der Waals surface area (Å²) in [7, 11) is 0. The van der Waals surface area contributed by atoms with E-state index in [1.54, 1.807) is 25.1 Å². The van der Waals surface area contributed by atoms with Crippen molar-refractivity contribution in [1.29, 1.82) is 0 Å². The van der Waals surface area contributed by atoms with Crippen LogP contribution in [0, 0.1) is 18.6 Å². The molecule has 2 rings (SSSR count). The number of halogens is 3. The Morgan fingerprint density at radius 1 is 1.10 bits per heavy atom. The molecule has 2 aromatic carbocycles. The molecule has 0 amide bonds. The van der Waals surface area contributed by atoms with Gasteiger partial charge in [-0.3, -0.25) is 0 Å². The first kappa shape index (κ1) is 14.9. The third kappa shape index (κ3) is 3.17. The molecule has 1 atom stereocenters. The summed E-state index contributed by atoms with van der Waals surface area (Å²) in [6.07, 6.45) is 0. The Balaban J connectivity index is 2.49. The van der Waals surface area contributed by atoms with Crippen molar-refractivity contribution in [1.82, 2.24) is 5.32 Å². The van der Waals surface area contributed by atoms with Crippen LogP contribution in [0.15, 0.2) is 36.4 Å². The molecule has 4 heteroatoms. The Hall–Kier alpha value is -1.45. The van der Waals surface area contributed by atoms with Crippen LogP contribution >= 0.6 is 11.6 Å². The summed E-state index contributed by atoms with van der Waals surface area (Å²) in [5.74, 6) is -0.658. The molecule has 0 aromatic heterocycles. The predicted octanol–water partition coefficient (Wildman–Crippen LogP) is 4.63. The van der Waals surface area contributed by atoms with E-state index in [-0.39, 0.29) is 11.6 Å². The SMILES string of the molecule is CCNC(c1ccc(C)c(F)c1)c1cc(Cl)ccc1F. The number of hydrogen-bond donors (Lipinski definition) is 1.